The van der Waals surface area contributed by atoms with Crippen LogP contribution in [0.1, 0.15) is 10.5 Å². The van der Waals surface area contributed by atoms with Gasteiger partial charge in [0.15, 0.2) is 0 Å². The van der Waals surface area contributed by atoms with E-state index in [4.69, 9.17) is 5.73 Å². The number of anilines is 2. The molecule has 0 saturated carbocycles. The SMILES string of the molecule is Nc1ccc(NC(=O)c2ncccc2Br)cn1. The van der Waals surface area contributed by atoms with E-state index in [1.165, 1.54) is 6.20 Å². The van der Waals surface area contributed by atoms with Gasteiger partial charge >= 0.3 is 0 Å². The average Bonchev–Trinajstić information content (AvgIpc) is 2.32. The van der Waals surface area contributed by atoms with Crippen molar-refractivity contribution in [2.24, 2.45) is 0 Å². The van der Waals surface area contributed by atoms with E-state index < -0.39 is 0 Å². The Morgan fingerprint density at radius 3 is 2.76 bits per heavy atom. The van der Waals surface area contributed by atoms with Gasteiger partial charge in [-0.25, -0.2) is 9.97 Å². The molecule has 0 radical (unpaired) electrons. The first-order chi connectivity index (χ1) is 8.16. The Labute approximate surface area is 106 Å². The number of carbonyl (C=O) groups excluding carboxylic acids is 1. The minimum absolute atomic E-state index is 0.302. The van der Waals surface area contributed by atoms with Crippen molar-refractivity contribution in [3.05, 3.63) is 46.8 Å². The van der Waals surface area contributed by atoms with E-state index in [9.17, 15) is 4.79 Å². The molecule has 2 rings (SSSR count). The zero-order valence-electron chi connectivity index (χ0n) is 8.72. The minimum atomic E-state index is -0.302. The Bertz CT molecular complexity index is 541. The maximum Gasteiger partial charge on any atom is 0.275 e. The molecule has 3 N–H and O–H groups in total. The van der Waals surface area contributed by atoms with Crippen LogP contribution in [-0.2, 0) is 0 Å². The second kappa shape index (κ2) is 4.92. The van der Waals surface area contributed by atoms with Gasteiger partial charge in [0.05, 0.1) is 11.9 Å². The normalized spacial score (nSPS) is 9.94. The Morgan fingerprint density at radius 1 is 1.29 bits per heavy atom. The number of hydrogen-bond donors (Lipinski definition) is 2. The third kappa shape index (κ3) is 2.79. The van der Waals surface area contributed by atoms with Crippen molar-refractivity contribution in [2.75, 3.05) is 11.1 Å². The van der Waals surface area contributed by atoms with Gasteiger partial charge in [-0.3, -0.25) is 4.79 Å². The highest BCUT2D eigenvalue weighted by atomic mass is 79.9. The number of nitrogen functional groups attached to an aromatic ring is 1. The van der Waals surface area contributed by atoms with E-state index in [0.717, 1.165) is 0 Å². The zero-order valence-corrected chi connectivity index (χ0v) is 10.3. The van der Waals surface area contributed by atoms with Gasteiger partial charge in [-0.15, -0.1) is 0 Å². The lowest BCUT2D eigenvalue weighted by atomic mass is 10.3. The molecular formula is C11H9BrN4O. The van der Waals surface area contributed by atoms with E-state index in [0.29, 0.717) is 21.7 Å². The maximum atomic E-state index is 11.9. The number of carbonyl (C=O) groups is 1. The molecule has 0 saturated heterocycles. The second-order valence-electron chi connectivity index (χ2n) is 3.26. The molecular weight excluding hydrogens is 284 g/mol. The van der Waals surface area contributed by atoms with Crippen LogP contribution in [0.4, 0.5) is 11.5 Å². The summed E-state index contributed by atoms with van der Waals surface area (Å²) in [4.78, 5) is 19.7. The molecule has 0 bridgehead atoms. The smallest absolute Gasteiger partial charge is 0.275 e. The van der Waals surface area contributed by atoms with E-state index in [-0.39, 0.29) is 5.91 Å². The number of hydrogen-bond acceptors (Lipinski definition) is 4. The zero-order chi connectivity index (χ0) is 12.3. The average molecular weight is 293 g/mol. The first kappa shape index (κ1) is 11.5. The Balaban J connectivity index is 2.17. The molecule has 0 aliphatic heterocycles. The van der Waals surface area contributed by atoms with Crippen molar-refractivity contribution in [2.45, 2.75) is 0 Å². The summed E-state index contributed by atoms with van der Waals surface area (Å²) < 4.78 is 0.640. The van der Waals surface area contributed by atoms with Gasteiger partial charge in [-0.05, 0) is 40.2 Å². The van der Waals surface area contributed by atoms with E-state index >= 15 is 0 Å². The fraction of sp³-hybridized carbons (Fsp3) is 0. The molecule has 6 heteroatoms. The van der Waals surface area contributed by atoms with E-state index in [1.807, 2.05) is 0 Å². The highest BCUT2D eigenvalue weighted by Crippen LogP contribution is 2.15. The van der Waals surface area contributed by atoms with Crippen molar-refractivity contribution >= 4 is 33.3 Å². The molecule has 0 aromatic carbocycles. The molecule has 1 amide bonds. The number of amides is 1. The number of nitrogens with two attached hydrogens (primary N) is 1. The number of aromatic nitrogens is 2. The van der Waals surface area contributed by atoms with Gasteiger partial charge < -0.3 is 11.1 Å². The lowest BCUT2D eigenvalue weighted by Gasteiger charge is -2.05. The lowest BCUT2D eigenvalue weighted by molar-refractivity contribution is 0.102. The number of nitrogens with zero attached hydrogens (tertiary/aromatic N) is 2. The molecule has 5 nitrogen and oxygen atoms in total. The highest BCUT2D eigenvalue weighted by molar-refractivity contribution is 9.10. The van der Waals surface area contributed by atoms with E-state index in [1.54, 1.807) is 30.5 Å². The molecule has 86 valence electrons. The molecule has 0 spiro atoms. The van der Waals surface area contributed by atoms with Crippen LogP contribution in [0.15, 0.2) is 41.1 Å². The highest BCUT2D eigenvalue weighted by Gasteiger charge is 2.11. The summed E-state index contributed by atoms with van der Waals surface area (Å²) in [6, 6.07) is 6.79. The van der Waals surface area contributed by atoms with Crippen molar-refractivity contribution in [3.8, 4) is 0 Å². The summed E-state index contributed by atoms with van der Waals surface area (Å²) >= 11 is 3.26. The van der Waals surface area contributed by atoms with Gasteiger partial charge in [0.1, 0.15) is 11.5 Å². The molecule has 0 aliphatic rings. The lowest BCUT2D eigenvalue weighted by Crippen LogP contribution is -2.14. The molecule has 0 atom stereocenters. The van der Waals surface area contributed by atoms with Crippen LogP contribution in [0, 0.1) is 0 Å². The van der Waals surface area contributed by atoms with E-state index in [2.05, 4.69) is 31.2 Å². The van der Waals surface area contributed by atoms with Crippen molar-refractivity contribution in [3.63, 3.8) is 0 Å². The Hall–Kier alpha value is -1.95. The third-order valence-corrected chi connectivity index (χ3v) is 2.66. The molecule has 0 fully saturated rings. The van der Waals surface area contributed by atoms with Crippen molar-refractivity contribution < 1.29 is 4.79 Å². The van der Waals surface area contributed by atoms with Gasteiger partial charge in [-0.2, -0.15) is 0 Å². The summed E-state index contributed by atoms with van der Waals surface area (Å²) in [5.74, 6) is 0.103. The fourth-order valence-corrected chi connectivity index (χ4v) is 1.66. The predicted molar refractivity (Wildman–Crippen MR) is 68.5 cm³/mol. The van der Waals surface area contributed by atoms with Crippen LogP contribution >= 0.6 is 15.9 Å². The quantitative estimate of drug-likeness (QED) is 0.888. The molecule has 2 aromatic rings. The van der Waals surface area contributed by atoms with Crippen LogP contribution < -0.4 is 11.1 Å². The molecule has 2 aromatic heterocycles. The number of nitrogens with one attached hydrogen (secondary N) is 1. The fourth-order valence-electron chi connectivity index (χ4n) is 1.22. The first-order valence-electron chi connectivity index (χ1n) is 4.80. The second-order valence-corrected chi connectivity index (χ2v) is 4.11. The summed E-state index contributed by atoms with van der Waals surface area (Å²) in [7, 11) is 0. The number of rotatable bonds is 2. The molecule has 2 heterocycles. The molecule has 0 unspecified atom stereocenters. The monoisotopic (exact) mass is 292 g/mol. The van der Waals surface area contributed by atoms with Crippen LogP contribution in [0.3, 0.4) is 0 Å². The number of halogens is 1. The van der Waals surface area contributed by atoms with Gasteiger partial charge in [0.2, 0.25) is 0 Å². The van der Waals surface area contributed by atoms with Crippen molar-refractivity contribution in [1.82, 2.24) is 9.97 Å². The number of pyridine rings is 2. The van der Waals surface area contributed by atoms with Crippen LogP contribution in [0.25, 0.3) is 0 Å². The summed E-state index contributed by atoms with van der Waals surface area (Å²) in [5.41, 5.74) is 6.34. The van der Waals surface area contributed by atoms with Gasteiger partial charge in [-0.1, -0.05) is 0 Å². The predicted octanol–water partition coefficient (Wildman–Crippen LogP) is 2.07. The largest absolute Gasteiger partial charge is 0.384 e. The Morgan fingerprint density at radius 2 is 2.12 bits per heavy atom. The third-order valence-electron chi connectivity index (χ3n) is 2.02. The van der Waals surface area contributed by atoms with Gasteiger partial charge in [0.25, 0.3) is 5.91 Å². The maximum absolute atomic E-state index is 11.9. The minimum Gasteiger partial charge on any atom is -0.384 e. The summed E-state index contributed by atoms with van der Waals surface area (Å²) in [6.45, 7) is 0. The topological polar surface area (TPSA) is 80.9 Å². The van der Waals surface area contributed by atoms with Crippen molar-refractivity contribution in [1.29, 1.82) is 0 Å². The summed E-state index contributed by atoms with van der Waals surface area (Å²) in [6.07, 6.45) is 3.05. The van der Waals surface area contributed by atoms with Crippen LogP contribution in [0.5, 0.6) is 0 Å². The van der Waals surface area contributed by atoms with Crippen LogP contribution in [0.2, 0.25) is 0 Å². The summed E-state index contributed by atoms with van der Waals surface area (Å²) in [5, 5.41) is 2.68. The van der Waals surface area contributed by atoms with Gasteiger partial charge in [0, 0.05) is 10.7 Å². The Kier molecular flexibility index (Phi) is 3.34. The molecule has 17 heavy (non-hydrogen) atoms. The van der Waals surface area contributed by atoms with Crippen LogP contribution in [-0.4, -0.2) is 15.9 Å². The first-order valence-corrected chi connectivity index (χ1v) is 5.59. The standard InChI is InChI=1S/C11H9BrN4O/c12-8-2-1-5-14-10(8)11(17)16-7-3-4-9(13)15-6-7/h1-6H,(H2,13,15)(H,16,17). The molecule has 0 aliphatic carbocycles.